The molecule has 0 fully saturated rings. The average Bonchev–Trinajstić information content (AvgIpc) is 2.40. The van der Waals surface area contributed by atoms with E-state index in [1.165, 1.54) is 0 Å². The Bertz CT molecular complexity index is 595. The maximum absolute atomic E-state index is 13.4. The van der Waals surface area contributed by atoms with Gasteiger partial charge in [-0.25, -0.2) is 18.2 Å². The van der Waals surface area contributed by atoms with Crippen LogP contribution in [0, 0.1) is 17.5 Å². The lowest BCUT2D eigenvalue weighted by atomic mass is 10.2. The molecule has 0 radical (unpaired) electrons. The minimum absolute atomic E-state index is 0.0282. The van der Waals surface area contributed by atoms with E-state index in [2.05, 4.69) is 4.99 Å². The number of hydrogen-bond acceptors (Lipinski definition) is 1. The summed E-state index contributed by atoms with van der Waals surface area (Å²) in [5, 5.41) is 0. The van der Waals surface area contributed by atoms with Crippen LogP contribution in [0.3, 0.4) is 0 Å². The van der Waals surface area contributed by atoms with E-state index in [-0.39, 0.29) is 11.5 Å². The van der Waals surface area contributed by atoms with Gasteiger partial charge in [-0.2, -0.15) is 0 Å². The van der Waals surface area contributed by atoms with E-state index in [9.17, 15) is 13.2 Å². The quantitative estimate of drug-likeness (QED) is 0.496. The summed E-state index contributed by atoms with van der Waals surface area (Å²) < 4.78 is 39.1. The van der Waals surface area contributed by atoms with Gasteiger partial charge in [0.15, 0.2) is 17.5 Å². The molecule has 0 aliphatic rings. The average molecular weight is 250 g/mol. The number of rotatable bonds is 2. The number of benzene rings is 2. The van der Waals surface area contributed by atoms with Crippen molar-refractivity contribution in [2.45, 2.75) is 0 Å². The molecule has 92 valence electrons. The van der Waals surface area contributed by atoms with Gasteiger partial charge < -0.3 is 5.73 Å². The fraction of sp³-hybridized carbons (Fsp3) is 0. The van der Waals surface area contributed by atoms with Gasteiger partial charge in [0.25, 0.3) is 0 Å². The molecule has 0 bridgehead atoms. The Balaban J connectivity index is 2.43. The Hall–Kier alpha value is -2.30. The van der Waals surface area contributed by atoms with Crippen LogP contribution in [-0.4, -0.2) is 5.84 Å². The zero-order valence-electron chi connectivity index (χ0n) is 9.20. The Morgan fingerprint density at radius 3 is 2.22 bits per heavy atom. The maximum atomic E-state index is 13.4. The van der Waals surface area contributed by atoms with E-state index in [0.717, 1.165) is 12.1 Å². The van der Waals surface area contributed by atoms with Gasteiger partial charge in [-0.15, -0.1) is 0 Å². The topological polar surface area (TPSA) is 38.4 Å². The predicted octanol–water partition coefficient (Wildman–Crippen LogP) is 3.14. The van der Waals surface area contributed by atoms with Gasteiger partial charge in [0.05, 0.1) is 0 Å². The zero-order chi connectivity index (χ0) is 13.1. The number of amidine groups is 1. The van der Waals surface area contributed by atoms with Gasteiger partial charge in [0, 0.05) is 5.56 Å². The summed E-state index contributed by atoms with van der Waals surface area (Å²) in [6.07, 6.45) is 0. The lowest BCUT2D eigenvalue weighted by molar-refractivity contribution is 0.448. The molecule has 0 spiro atoms. The van der Waals surface area contributed by atoms with E-state index >= 15 is 0 Å². The van der Waals surface area contributed by atoms with Crippen LogP contribution in [0.4, 0.5) is 18.9 Å². The van der Waals surface area contributed by atoms with E-state index in [1.807, 2.05) is 0 Å². The highest BCUT2D eigenvalue weighted by Gasteiger charge is 2.13. The SMILES string of the molecule is NC(=Nc1ccc(F)c(F)c1F)c1ccccc1. The molecule has 2 aromatic rings. The summed E-state index contributed by atoms with van der Waals surface area (Å²) in [4.78, 5) is 3.74. The molecule has 2 aromatic carbocycles. The Labute approximate surface area is 102 Å². The van der Waals surface area contributed by atoms with Gasteiger partial charge in [-0.05, 0) is 12.1 Å². The van der Waals surface area contributed by atoms with Crippen molar-refractivity contribution in [2.75, 3.05) is 0 Å². The molecule has 0 aromatic heterocycles. The summed E-state index contributed by atoms with van der Waals surface area (Å²) in [5.41, 5.74) is 5.88. The summed E-state index contributed by atoms with van der Waals surface area (Å²) in [7, 11) is 0. The van der Waals surface area contributed by atoms with E-state index < -0.39 is 17.5 Å². The van der Waals surface area contributed by atoms with Crippen LogP contribution in [0.1, 0.15) is 5.56 Å². The molecule has 0 aliphatic carbocycles. The molecule has 0 atom stereocenters. The van der Waals surface area contributed by atoms with Crippen LogP contribution in [0.15, 0.2) is 47.5 Å². The van der Waals surface area contributed by atoms with E-state index in [0.29, 0.717) is 5.56 Å². The molecule has 0 unspecified atom stereocenters. The van der Waals surface area contributed by atoms with Crippen LogP contribution in [0.5, 0.6) is 0 Å². The molecule has 2 nitrogen and oxygen atoms in total. The molecule has 2 rings (SSSR count). The van der Waals surface area contributed by atoms with Crippen molar-refractivity contribution in [3.05, 3.63) is 65.5 Å². The third-order valence-electron chi connectivity index (χ3n) is 2.33. The number of halogens is 3. The molecular formula is C13H9F3N2. The van der Waals surface area contributed by atoms with Gasteiger partial charge in [-0.1, -0.05) is 30.3 Å². The van der Waals surface area contributed by atoms with Crippen molar-refractivity contribution in [1.29, 1.82) is 0 Å². The van der Waals surface area contributed by atoms with Crippen molar-refractivity contribution in [2.24, 2.45) is 10.7 Å². The minimum atomic E-state index is -1.56. The molecule has 0 aliphatic heterocycles. The number of aliphatic imine (C=N–C) groups is 1. The van der Waals surface area contributed by atoms with E-state index in [1.54, 1.807) is 30.3 Å². The number of hydrogen-bond donors (Lipinski definition) is 1. The van der Waals surface area contributed by atoms with Gasteiger partial charge in [-0.3, -0.25) is 0 Å². The molecule has 0 saturated carbocycles. The Morgan fingerprint density at radius 2 is 1.56 bits per heavy atom. The summed E-state index contributed by atoms with van der Waals surface area (Å²) in [6.45, 7) is 0. The second-order valence-corrected chi connectivity index (χ2v) is 3.56. The lowest BCUT2D eigenvalue weighted by Gasteiger charge is -2.03. The monoisotopic (exact) mass is 250 g/mol. The molecule has 18 heavy (non-hydrogen) atoms. The van der Waals surface area contributed by atoms with Gasteiger partial charge >= 0.3 is 0 Å². The first-order valence-electron chi connectivity index (χ1n) is 5.12. The number of nitrogens with zero attached hydrogens (tertiary/aromatic N) is 1. The minimum Gasteiger partial charge on any atom is -0.383 e. The van der Waals surface area contributed by atoms with Crippen LogP contribution in [0.2, 0.25) is 0 Å². The fourth-order valence-electron chi connectivity index (χ4n) is 1.41. The molecule has 0 heterocycles. The third-order valence-corrected chi connectivity index (χ3v) is 2.33. The maximum Gasteiger partial charge on any atom is 0.196 e. The fourth-order valence-corrected chi connectivity index (χ4v) is 1.41. The highest BCUT2D eigenvalue weighted by molar-refractivity contribution is 5.98. The van der Waals surface area contributed by atoms with Crippen LogP contribution < -0.4 is 5.73 Å². The summed E-state index contributed by atoms with van der Waals surface area (Å²) in [6, 6.07) is 10.4. The highest BCUT2D eigenvalue weighted by atomic mass is 19.2. The predicted molar refractivity (Wildman–Crippen MR) is 63.1 cm³/mol. The molecular weight excluding hydrogens is 241 g/mol. The summed E-state index contributed by atoms with van der Waals surface area (Å²) >= 11 is 0. The van der Waals surface area contributed by atoms with Crippen molar-refractivity contribution < 1.29 is 13.2 Å². The third kappa shape index (κ3) is 2.34. The van der Waals surface area contributed by atoms with Gasteiger partial charge in [0.2, 0.25) is 0 Å². The normalized spacial score (nSPS) is 11.6. The van der Waals surface area contributed by atoms with Crippen molar-refractivity contribution >= 4 is 11.5 Å². The van der Waals surface area contributed by atoms with Crippen molar-refractivity contribution in [3.63, 3.8) is 0 Å². The van der Waals surface area contributed by atoms with E-state index in [4.69, 9.17) is 5.73 Å². The van der Waals surface area contributed by atoms with Crippen LogP contribution >= 0.6 is 0 Å². The standard InChI is InChI=1S/C13H9F3N2/c14-9-6-7-10(12(16)11(9)15)18-13(17)8-4-2-1-3-5-8/h1-7H,(H2,17,18). The highest BCUT2D eigenvalue weighted by Crippen LogP contribution is 2.22. The summed E-state index contributed by atoms with van der Waals surface area (Å²) in [5.74, 6) is -4.14. The van der Waals surface area contributed by atoms with Crippen LogP contribution in [-0.2, 0) is 0 Å². The first kappa shape index (κ1) is 12.2. The number of nitrogens with two attached hydrogens (primary N) is 1. The molecule has 0 saturated heterocycles. The smallest absolute Gasteiger partial charge is 0.196 e. The van der Waals surface area contributed by atoms with Crippen LogP contribution in [0.25, 0.3) is 0 Å². The lowest BCUT2D eigenvalue weighted by Crippen LogP contribution is -2.12. The van der Waals surface area contributed by atoms with Gasteiger partial charge in [0.1, 0.15) is 11.5 Å². The first-order valence-corrected chi connectivity index (χ1v) is 5.12. The second kappa shape index (κ2) is 4.91. The zero-order valence-corrected chi connectivity index (χ0v) is 9.20. The molecule has 2 N–H and O–H groups in total. The Morgan fingerprint density at radius 1 is 0.889 bits per heavy atom. The Kier molecular flexibility index (Phi) is 3.32. The second-order valence-electron chi connectivity index (χ2n) is 3.56. The molecule has 0 amide bonds. The van der Waals surface area contributed by atoms with Crippen molar-refractivity contribution in [1.82, 2.24) is 0 Å². The largest absolute Gasteiger partial charge is 0.383 e. The first-order chi connectivity index (χ1) is 8.59. The molecule has 5 heteroatoms. The van der Waals surface area contributed by atoms with Crippen molar-refractivity contribution in [3.8, 4) is 0 Å².